The van der Waals surface area contributed by atoms with Gasteiger partial charge in [0.05, 0.1) is 17.2 Å². The molecule has 0 bridgehead atoms. The highest BCUT2D eigenvalue weighted by atomic mass is 32.2. The van der Waals surface area contributed by atoms with Gasteiger partial charge < -0.3 is 15.0 Å². The van der Waals surface area contributed by atoms with E-state index in [0.717, 1.165) is 46.1 Å². The van der Waals surface area contributed by atoms with Crippen LogP contribution >= 0.6 is 0 Å². The summed E-state index contributed by atoms with van der Waals surface area (Å²) in [6.07, 6.45) is 1.04. The van der Waals surface area contributed by atoms with E-state index >= 15 is 0 Å². The number of hydrogen-bond donors (Lipinski definition) is 1. The van der Waals surface area contributed by atoms with E-state index in [0.29, 0.717) is 18.8 Å². The van der Waals surface area contributed by atoms with Crippen LogP contribution in [-0.2, 0) is 26.2 Å². The van der Waals surface area contributed by atoms with Gasteiger partial charge in [0.1, 0.15) is 24.2 Å². The van der Waals surface area contributed by atoms with E-state index in [2.05, 4.69) is 5.32 Å². The molecule has 0 aliphatic heterocycles. The normalized spacial score (nSPS) is 12.7. The Kier molecular flexibility index (Phi) is 11.5. The lowest BCUT2D eigenvalue weighted by atomic mass is 10.1. The molecule has 3 rings (SSSR count). The van der Waals surface area contributed by atoms with Crippen LogP contribution in [0.5, 0.6) is 5.75 Å². The van der Waals surface area contributed by atoms with Crippen molar-refractivity contribution in [3.05, 3.63) is 89.7 Å². The number of sulfonamides is 1. The second kappa shape index (κ2) is 14.8. The van der Waals surface area contributed by atoms with Gasteiger partial charge in [0, 0.05) is 12.6 Å². The van der Waals surface area contributed by atoms with Gasteiger partial charge >= 0.3 is 0 Å². The second-order valence-electron chi connectivity index (χ2n) is 10.1. The molecule has 0 radical (unpaired) electrons. The number of amides is 2. The zero-order valence-electron chi connectivity index (χ0n) is 24.8. The van der Waals surface area contributed by atoms with Crippen LogP contribution in [0.4, 0.5) is 10.1 Å². The predicted octanol–water partition coefficient (Wildman–Crippen LogP) is 5.45. The van der Waals surface area contributed by atoms with E-state index < -0.39 is 34.3 Å². The van der Waals surface area contributed by atoms with Crippen LogP contribution in [0.3, 0.4) is 0 Å². The summed E-state index contributed by atoms with van der Waals surface area (Å²) in [6.45, 7) is 9.39. The van der Waals surface area contributed by atoms with Gasteiger partial charge in [0.2, 0.25) is 11.8 Å². The van der Waals surface area contributed by atoms with E-state index in [1.165, 1.54) is 4.90 Å². The first-order valence-electron chi connectivity index (χ1n) is 14.2. The lowest BCUT2D eigenvalue weighted by Gasteiger charge is -2.34. The largest absolute Gasteiger partial charge is 0.494 e. The molecule has 8 nitrogen and oxygen atoms in total. The van der Waals surface area contributed by atoms with Crippen LogP contribution in [-0.4, -0.2) is 50.4 Å². The SMILES string of the molecule is CCOc1ccc(N(CC(=O)N(Cc2ccccc2C)[C@H](CC)C(=O)N[C@@H](C)CC)S(=O)(=O)c2ccc(F)cc2)cc1. The highest BCUT2D eigenvalue weighted by Crippen LogP contribution is 2.27. The number of benzene rings is 3. The molecule has 0 aromatic heterocycles. The van der Waals surface area contributed by atoms with Crippen molar-refractivity contribution in [2.24, 2.45) is 0 Å². The summed E-state index contributed by atoms with van der Waals surface area (Å²) in [6, 6.07) is 17.4. The van der Waals surface area contributed by atoms with Crippen molar-refractivity contribution in [2.45, 2.75) is 71.0 Å². The van der Waals surface area contributed by atoms with Crippen LogP contribution in [0, 0.1) is 12.7 Å². The predicted molar refractivity (Wildman–Crippen MR) is 162 cm³/mol. The van der Waals surface area contributed by atoms with Crippen molar-refractivity contribution in [3.8, 4) is 5.75 Å². The standard InChI is InChI=1S/C32H40FN3O5S/c1-6-24(5)34-32(38)30(7-2)35(21-25-12-10-9-11-23(25)4)31(37)22-36(27-15-17-28(18-16-27)41-8-3)42(39,40)29-19-13-26(33)14-20-29/h9-20,24,30H,6-8,21-22H2,1-5H3,(H,34,38)/t24-,30+/m0/s1. The molecule has 0 saturated heterocycles. The molecule has 0 saturated carbocycles. The molecule has 42 heavy (non-hydrogen) atoms. The number of halogens is 1. The maximum absolute atomic E-state index is 14.2. The highest BCUT2D eigenvalue weighted by Gasteiger charge is 2.34. The minimum Gasteiger partial charge on any atom is -0.494 e. The molecule has 226 valence electrons. The van der Waals surface area contributed by atoms with Crippen molar-refractivity contribution >= 4 is 27.5 Å². The monoisotopic (exact) mass is 597 g/mol. The lowest BCUT2D eigenvalue weighted by molar-refractivity contribution is -0.140. The van der Waals surface area contributed by atoms with E-state index in [4.69, 9.17) is 4.74 Å². The van der Waals surface area contributed by atoms with Crippen molar-refractivity contribution in [1.29, 1.82) is 0 Å². The first-order valence-corrected chi connectivity index (χ1v) is 15.6. The number of hydrogen-bond acceptors (Lipinski definition) is 5. The Morgan fingerprint density at radius 1 is 0.929 bits per heavy atom. The number of ether oxygens (including phenoxy) is 1. The van der Waals surface area contributed by atoms with Crippen molar-refractivity contribution in [3.63, 3.8) is 0 Å². The van der Waals surface area contributed by atoms with Gasteiger partial charge in [0.25, 0.3) is 10.0 Å². The smallest absolute Gasteiger partial charge is 0.264 e. The Balaban J connectivity index is 2.07. The number of rotatable bonds is 14. The minimum absolute atomic E-state index is 0.0961. The Morgan fingerprint density at radius 3 is 2.14 bits per heavy atom. The third-order valence-electron chi connectivity index (χ3n) is 7.11. The molecule has 3 aromatic rings. The van der Waals surface area contributed by atoms with E-state index in [1.807, 2.05) is 58.9 Å². The molecule has 1 N–H and O–H groups in total. The number of carbonyl (C=O) groups excluding carboxylic acids is 2. The fourth-order valence-corrected chi connectivity index (χ4v) is 5.88. The van der Waals surface area contributed by atoms with E-state index in [9.17, 15) is 22.4 Å². The number of nitrogens with zero attached hydrogens (tertiary/aromatic N) is 2. The van der Waals surface area contributed by atoms with Gasteiger partial charge in [-0.3, -0.25) is 13.9 Å². The molecule has 2 amide bonds. The molecule has 0 spiro atoms. The van der Waals surface area contributed by atoms with Gasteiger partial charge in [-0.1, -0.05) is 38.1 Å². The summed E-state index contributed by atoms with van der Waals surface area (Å²) in [5, 5.41) is 2.97. The summed E-state index contributed by atoms with van der Waals surface area (Å²) in [5.41, 5.74) is 2.01. The van der Waals surface area contributed by atoms with Gasteiger partial charge in [-0.05, 0) is 93.3 Å². The average molecular weight is 598 g/mol. The molecule has 0 unspecified atom stereocenters. The molecule has 3 aromatic carbocycles. The summed E-state index contributed by atoms with van der Waals surface area (Å²) in [7, 11) is -4.30. The molecule has 0 heterocycles. The highest BCUT2D eigenvalue weighted by molar-refractivity contribution is 7.92. The quantitative estimate of drug-likeness (QED) is 0.267. The lowest BCUT2D eigenvalue weighted by Crippen LogP contribution is -2.53. The molecule has 2 atom stereocenters. The second-order valence-corrected chi connectivity index (χ2v) is 11.9. The Bertz CT molecular complexity index is 1450. The van der Waals surface area contributed by atoms with Crippen LogP contribution in [0.2, 0.25) is 0 Å². The third kappa shape index (κ3) is 8.09. The van der Waals surface area contributed by atoms with Gasteiger partial charge in [-0.2, -0.15) is 0 Å². The molecule has 0 aliphatic rings. The Morgan fingerprint density at radius 2 is 1.57 bits per heavy atom. The first-order chi connectivity index (χ1) is 20.0. The third-order valence-corrected chi connectivity index (χ3v) is 8.89. The molecule has 0 aliphatic carbocycles. The number of carbonyl (C=O) groups is 2. The summed E-state index contributed by atoms with van der Waals surface area (Å²) < 4.78 is 48.0. The fourth-order valence-electron chi connectivity index (χ4n) is 4.47. The van der Waals surface area contributed by atoms with E-state index in [-0.39, 0.29) is 29.1 Å². The Labute approximate surface area is 248 Å². The molecule has 10 heteroatoms. The minimum atomic E-state index is -4.30. The van der Waals surface area contributed by atoms with Gasteiger partial charge in [-0.15, -0.1) is 0 Å². The molecular weight excluding hydrogens is 557 g/mol. The van der Waals surface area contributed by atoms with Gasteiger partial charge in [-0.25, -0.2) is 12.8 Å². The summed E-state index contributed by atoms with van der Waals surface area (Å²) >= 11 is 0. The number of aryl methyl sites for hydroxylation is 1. The zero-order chi connectivity index (χ0) is 30.9. The topological polar surface area (TPSA) is 96.0 Å². The van der Waals surface area contributed by atoms with Crippen molar-refractivity contribution < 1.29 is 27.1 Å². The summed E-state index contributed by atoms with van der Waals surface area (Å²) in [5.74, 6) is -0.896. The fraction of sp³-hybridized carbons (Fsp3) is 0.375. The maximum atomic E-state index is 14.2. The van der Waals surface area contributed by atoms with E-state index in [1.54, 1.807) is 24.3 Å². The van der Waals surface area contributed by atoms with Crippen LogP contribution in [0.1, 0.15) is 51.7 Å². The Hall–Kier alpha value is -3.92. The molecular formula is C32H40FN3O5S. The number of nitrogens with one attached hydrogen (secondary N) is 1. The number of anilines is 1. The first kappa shape index (κ1) is 32.6. The maximum Gasteiger partial charge on any atom is 0.264 e. The summed E-state index contributed by atoms with van der Waals surface area (Å²) in [4.78, 5) is 28.8. The molecule has 0 fully saturated rings. The van der Waals surface area contributed by atoms with Crippen LogP contribution in [0.15, 0.2) is 77.7 Å². The average Bonchev–Trinajstić information content (AvgIpc) is 2.97. The van der Waals surface area contributed by atoms with Crippen LogP contribution < -0.4 is 14.4 Å². The van der Waals surface area contributed by atoms with Crippen molar-refractivity contribution in [1.82, 2.24) is 10.2 Å². The zero-order valence-corrected chi connectivity index (χ0v) is 25.7. The van der Waals surface area contributed by atoms with Crippen molar-refractivity contribution in [2.75, 3.05) is 17.5 Å². The van der Waals surface area contributed by atoms with Gasteiger partial charge in [0.15, 0.2) is 0 Å². The van der Waals surface area contributed by atoms with Crippen LogP contribution in [0.25, 0.3) is 0 Å².